The van der Waals surface area contributed by atoms with Crippen LogP contribution in [0.25, 0.3) is 98.0 Å². The fourth-order valence-electron chi connectivity index (χ4n) is 9.59. The molecule has 4 heteroatoms. The summed E-state index contributed by atoms with van der Waals surface area (Å²) in [7, 11) is 0. The van der Waals surface area contributed by atoms with Gasteiger partial charge in [0, 0.05) is 54.5 Å². The van der Waals surface area contributed by atoms with E-state index in [1.165, 1.54) is 81.3 Å². The smallest absolute Gasteiger partial charge is 0.146 e. The minimum absolute atomic E-state index is 1.01. The summed E-state index contributed by atoms with van der Waals surface area (Å²) >= 11 is 0. The van der Waals surface area contributed by atoms with E-state index in [9.17, 15) is 0 Å². The monoisotopic (exact) mass is 672 g/mol. The van der Waals surface area contributed by atoms with Crippen molar-refractivity contribution >= 4 is 115 Å². The highest BCUT2D eigenvalue weighted by Gasteiger charge is 2.27. The molecule has 0 aliphatic carbocycles. The number of fused-ring (bicyclic) bond motifs is 15. The van der Waals surface area contributed by atoms with Crippen LogP contribution in [0.3, 0.4) is 0 Å². The van der Waals surface area contributed by atoms with E-state index in [-0.39, 0.29) is 0 Å². The Hall–Kier alpha value is -7.17. The first-order valence-corrected chi connectivity index (χ1v) is 18.2. The lowest BCUT2D eigenvalue weighted by Crippen LogP contribution is -2.11. The van der Waals surface area contributed by atoms with Gasteiger partial charge in [-0.25, -0.2) is 4.98 Å². The number of hydrogen-bond acceptors (Lipinski definition) is 2. The highest BCUT2D eigenvalue weighted by Crippen LogP contribution is 2.50. The Morgan fingerprint density at radius 1 is 0.377 bits per heavy atom. The average Bonchev–Trinajstić information content (AvgIpc) is 3.94. The third-order valence-corrected chi connectivity index (χ3v) is 11.7. The second-order valence-electron chi connectivity index (χ2n) is 14.3. The number of benzene rings is 8. The van der Waals surface area contributed by atoms with Crippen LogP contribution in [-0.2, 0) is 0 Å². The summed E-state index contributed by atoms with van der Waals surface area (Å²) in [6, 6.07) is 62.0. The van der Waals surface area contributed by atoms with Crippen LogP contribution in [0, 0.1) is 0 Å². The van der Waals surface area contributed by atoms with Crippen LogP contribution in [0.4, 0.5) is 17.1 Å². The summed E-state index contributed by atoms with van der Waals surface area (Å²) in [4.78, 5) is 8.12. The van der Waals surface area contributed by atoms with Crippen molar-refractivity contribution in [3.63, 3.8) is 0 Å². The molecule has 0 saturated heterocycles. The molecule has 4 nitrogen and oxygen atoms in total. The SMILES string of the molecule is c1ccc(N(c2ccccc2)c2c3ccccc3cc3c4cccc5c6nc7c(cc6n(c23)c45)c2cccc3c4c5ccccc5ccc4n7c23)cc1. The van der Waals surface area contributed by atoms with Gasteiger partial charge in [-0.05, 0) is 58.6 Å². The third-order valence-electron chi connectivity index (χ3n) is 11.7. The summed E-state index contributed by atoms with van der Waals surface area (Å²) < 4.78 is 4.93. The average molecular weight is 673 g/mol. The number of rotatable bonds is 3. The number of para-hydroxylation sites is 4. The van der Waals surface area contributed by atoms with Gasteiger partial charge in [-0.1, -0.05) is 127 Å². The number of hydrogen-bond donors (Lipinski definition) is 0. The second kappa shape index (κ2) is 9.78. The van der Waals surface area contributed by atoms with Crippen LogP contribution in [0.5, 0.6) is 0 Å². The molecule has 0 N–H and O–H groups in total. The van der Waals surface area contributed by atoms with Crippen LogP contribution in [0.15, 0.2) is 170 Å². The van der Waals surface area contributed by atoms with Crippen molar-refractivity contribution in [1.82, 2.24) is 13.8 Å². The molecule has 0 bridgehead atoms. The van der Waals surface area contributed by atoms with Gasteiger partial charge in [0.2, 0.25) is 0 Å². The van der Waals surface area contributed by atoms with Crippen molar-refractivity contribution in [2.45, 2.75) is 0 Å². The predicted molar refractivity (Wildman–Crippen MR) is 223 cm³/mol. The lowest BCUT2D eigenvalue weighted by atomic mass is 10.0. The summed E-state index contributed by atoms with van der Waals surface area (Å²) in [6.45, 7) is 0. The molecule has 244 valence electrons. The van der Waals surface area contributed by atoms with Gasteiger partial charge in [0.1, 0.15) is 5.65 Å². The van der Waals surface area contributed by atoms with Gasteiger partial charge in [-0.3, -0.25) is 4.40 Å². The maximum absolute atomic E-state index is 5.68. The molecule has 5 aromatic heterocycles. The molecule has 53 heavy (non-hydrogen) atoms. The lowest BCUT2D eigenvalue weighted by Gasteiger charge is -2.28. The largest absolute Gasteiger partial charge is 0.308 e. The summed E-state index contributed by atoms with van der Waals surface area (Å²) in [6.07, 6.45) is 0. The van der Waals surface area contributed by atoms with Crippen LogP contribution < -0.4 is 4.90 Å². The Balaban J connectivity index is 1.24. The molecule has 13 aromatic rings. The highest BCUT2D eigenvalue weighted by atomic mass is 15.2. The maximum atomic E-state index is 5.68. The predicted octanol–water partition coefficient (Wildman–Crippen LogP) is 13.2. The molecule has 0 atom stereocenters. The molecule has 0 spiro atoms. The van der Waals surface area contributed by atoms with E-state index in [0.29, 0.717) is 0 Å². The molecule has 13 rings (SSSR count). The number of anilines is 3. The zero-order valence-corrected chi connectivity index (χ0v) is 28.5. The lowest BCUT2D eigenvalue weighted by molar-refractivity contribution is 1.27. The van der Waals surface area contributed by atoms with Gasteiger partial charge >= 0.3 is 0 Å². The van der Waals surface area contributed by atoms with Crippen molar-refractivity contribution in [2.24, 2.45) is 0 Å². The maximum Gasteiger partial charge on any atom is 0.146 e. The number of aromatic nitrogens is 3. The van der Waals surface area contributed by atoms with Gasteiger partial charge in [0.05, 0.1) is 38.8 Å². The summed E-state index contributed by atoms with van der Waals surface area (Å²) in [5, 5.41) is 13.6. The Kier molecular flexibility index (Phi) is 5.08. The van der Waals surface area contributed by atoms with E-state index in [1.807, 2.05) is 0 Å². The fourth-order valence-corrected chi connectivity index (χ4v) is 9.59. The standard InChI is InChI=1S/C49H28N4/c1-3-15-31(16-4-1)51(32-17-5-2-6-18-32)47-34-20-10-8-14-30(34)27-39-35-21-12-24-38-44-42(52(46(35)38)48(39)47)28-40-36-22-11-23-37-43-33-19-9-7-13-29(33)25-26-41(43)53(45(36)37)49(40)50-44/h1-28H. The summed E-state index contributed by atoms with van der Waals surface area (Å²) in [5.74, 6) is 0. The zero-order chi connectivity index (χ0) is 34.4. The van der Waals surface area contributed by atoms with Gasteiger partial charge in [-0.2, -0.15) is 0 Å². The Bertz CT molecular complexity index is 3580. The van der Waals surface area contributed by atoms with Gasteiger partial charge in [0.25, 0.3) is 0 Å². The van der Waals surface area contributed by atoms with E-state index in [0.717, 1.165) is 33.7 Å². The molecular weight excluding hydrogens is 645 g/mol. The van der Waals surface area contributed by atoms with E-state index in [4.69, 9.17) is 4.98 Å². The molecule has 0 saturated carbocycles. The van der Waals surface area contributed by atoms with Crippen molar-refractivity contribution in [2.75, 3.05) is 4.90 Å². The van der Waals surface area contributed by atoms with Crippen LogP contribution in [-0.4, -0.2) is 13.8 Å². The van der Waals surface area contributed by atoms with Crippen LogP contribution >= 0.6 is 0 Å². The van der Waals surface area contributed by atoms with E-state index in [2.05, 4.69) is 184 Å². The first-order chi connectivity index (χ1) is 26.3. The van der Waals surface area contributed by atoms with Gasteiger partial charge < -0.3 is 9.30 Å². The minimum Gasteiger partial charge on any atom is -0.308 e. The van der Waals surface area contributed by atoms with Crippen LogP contribution in [0.2, 0.25) is 0 Å². The van der Waals surface area contributed by atoms with Crippen molar-refractivity contribution in [3.8, 4) is 0 Å². The molecule has 0 fully saturated rings. The van der Waals surface area contributed by atoms with Crippen molar-refractivity contribution in [3.05, 3.63) is 170 Å². The normalized spacial score (nSPS) is 12.5. The van der Waals surface area contributed by atoms with E-state index >= 15 is 0 Å². The quantitative estimate of drug-likeness (QED) is 0.187. The summed E-state index contributed by atoms with van der Waals surface area (Å²) in [5.41, 5.74) is 11.4. The minimum atomic E-state index is 1.01. The molecule has 8 aromatic carbocycles. The molecule has 0 aliphatic heterocycles. The van der Waals surface area contributed by atoms with Crippen LogP contribution in [0.1, 0.15) is 0 Å². The molecule has 0 unspecified atom stereocenters. The van der Waals surface area contributed by atoms with Gasteiger partial charge in [-0.15, -0.1) is 0 Å². The highest BCUT2D eigenvalue weighted by molar-refractivity contribution is 6.31. The number of nitrogens with zero attached hydrogens (tertiary/aromatic N) is 4. The molecule has 0 aliphatic rings. The first-order valence-electron chi connectivity index (χ1n) is 18.2. The fraction of sp³-hybridized carbons (Fsp3) is 0. The molecule has 0 radical (unpaired) electrons. The van der Waals surface area contributed by atoms with Crippen molar-refractivity contribution in [1.29, 1.82) is 0 Å². The topological polar surface area (TPSA) is 25.0 Å². The zero-order valence-electron chi connectivity index (χ0n) is 28.5. The Labute approximate surface area is 302 Å². The third kappa shape index (κ3) is 3.39. The Morgan fingerprint density at radius 3 is 1.75 bits per heavy atom. The first kappa shape index (κ1) is 27.5. The van der Waals surface area contributed by atoms with E-state index < -0.39 is 0 Å². The Morgan fingerprint density at radius 2 is 0.981 bits per heavy atom. The molecule has 5 heterocycles. The molecule has 0 amide bonds. The van der Waals surface area contributed by atoms with Crippen molar-refractivity contribution < 1.29 is 0 Å². The number of pyridine rings is 1. The van der Waals surface area contributed by atoms with Gasteiger partial charge in [0.15, 0.2) is 0 Å². The molecular formula is C49H28N4. The second-order valence-corrected chi connectivity index (χ2v) is 14.3. The van der Waals surface area contributed by atoms with E-state index in [1.54, 1.807) is 0 Å².